The Morgan fingerprint density at radius 2 is 2.07 bits per heavy atom. The summed E-state index contributed by atoms with van der Waals surface area (Å²) < 4.78 is 0. The van der Waals surface area contributed by atoms with Gasteiger partial charge < -0.3 is 4.98 Å². The van der Waals surface area contributed by atoms with Gasteiger partial charge in [-0.25, -0.2) is 4.98 Å². The van der Waals surface area contributed by atoms with Crippen LogP contribution in [0.25, 0.3) is 11.3 Å². The van der Waals surface area contributed by atoms with Crippen molar-refractivity contribution in [1.82, 2.24) is 9.97 Å². The molecule has 2 rings (SSSR count). The maximum absolute atomic E-state index is 5.48. The molecule has 0 atom stereocenters. The van der Waals surface area contributed by atoms with Gasteiger partial charge in [-0.15, -0.1) is 11.6 Å². The number of imidazole rings is 1. The summed E-state index contributed by atoms with van der Waals surface area (Å²) in [7, 11) is 0. The van der Waals surface area contributed by atoms with E-state index in [2.05, 4.69) is 21.8 Å². The quantitative estimate of drug-likeness (QED) is 0.576. The Balaban J connectivity index is 2.25. The number of aromatic nitrogens is 2. The van der Waals surface area contributed by atoms with Gasteiger partial charge >= 0.3 is 0 Å². The zero-order valence-electron chi connectivity index (χ0n) is 8.00. The highest BCUT2D eigenvalue weighted by Crippen LogP contribution is 2.15. The van der Waals surface area contributed by atoms with Crippen molar-refractivity contribution in [2.45, 2.75) is 0 Å². The zero-order valence-corrected chi connectivity index (χ0v) is 8.75. The van der Waals surface area contributed by atoms with Gasteiger partial charge in [0.2, 0.25) is 0 Å². The van der Waals surface area contributed by atoms with E-state index in [4.69, 9.17) is 11.6 Å². The first-order chi connectivity index (χ1) is 7.40. The van der Waals surface area contributed by atoms with E-state index >= 15 is 0 Å². The van der Waals surface area contributed by atoms with Gasteiger partial charge in [0.05, 0.1) is 24.1 Å². The number of hydrogen-bond acceptors (Lipinski definition) is 1. The van der Waals surface area contributed by atoms with Gasteiger partial charge in [0, 0.05) is 5.56 Å². The smallest absolute Gasteiger partial charge is 0.0924 e. The number of halogens is 1. The highest BCUT2D eigenvalue weighted by molar-refractivity contribution is 6.19. The van der Waals surface area contributed by atoms with Crippen molar-refractivity contribution in [2.75, 3.05) is 5.88 Å². The molecule has 3 heteroatoms. The largest absolute Gasteiger partial charge is 0.345 e. The minimum absolute atomic E-state index is 0.363. The summed E-state index contributed by atoms with van der Waals surface area (Å²) in [4.78, 5) is 7.02. The Bertz CT molecular complexity index is 475. The van der Waals surface area contributed by atoms with Crippen molar-refractivity contribution in [3.63, 3.8) is 0 Å². The van der Waals surface area contributed by atoms with E-state index in [0.717, 1.165) is 16.8 Å². The van der Waals surface area contributed by atoms with Crippen LogP contribution in [-0.2, 0) is 0 Å². The van der Waals surface area contributed by atoms with E-state index < -0.39 is 0 Å². The first-order valence-electron chi connectivity index (χ1n) is 4.54. The molecule has 0 amide bonds. The maximum Gasteiger partial charge on any atom is 0.0924 e. The number of H-pyrrole nitrogens is 1. The first kappa shape index (κ1) is 9.82. The summed E-state index contributed by atoms with van der Waals surface area (Å²) in [6.45, 7) is 0. The lowest BCUT2D eigenvalue weighted by molar-refractivity contribution is 1.31. The van der Waals surface area contributed by atoms with Crippen LogP contribution in [0, 0.1) is 11.8 Å². The lowest BCUT2D eigenvalue weighted by Gasteiger charge is -1.96. The fourth-order valence-corrected chi connectivity index (χ4v) is 1.35. The Labute approximate surface area is 93.3 Å². The molecule has 0 unspecified atom stereocenters. The molecule has 0 aliphatic heterocycles. The van der Waals surface area contributed by atoms with E-state index in [9.17, 15) is 0 Å². The summed E-state index contributed by atoms with van der Waals surface area (Å²) >= 11 is 5.48. The summed E-state index contributed by atoms with van der Waals surface area (Å²) in [5.74, 6) is 6.14. The second-order valence-electron chi connectivity index (χ2n) is 2.98. The predicted molar refractivity (Wildman–Crippen MR) is 61.6 cm³/mol. The third-order valence-corrected chi connectivity index (χ3v) is 2.13. The molecule has 1 aromatic carbocycles. The highest BCUT2D eigenvalue weighted by atomic mass is 35.5. The molecule has 0 spiro atoms. The average molecular weight is 217 g/mol. The van der Waals surface area contributed by atoms with E-state index in [-0.39, 0.29) is 0 Å². The molecule has 0 fully saturated rings. The van der Waals surface area contributed by atoms with Gasteiger partial charge in [-0.3, -0.25) is 0 Å². The summed E-state index contributed by atoms with van der Waals surface area (Å²) in [6.07, 6.45) is 3.45. The maximum atomic E-state index is 5.48. The fraction of sp³-hybridized carbons (Fsp3) is 0.0833. The van der Waals surface area contributed by atoms with Crippen LogP contribution in [0.15, 0.2) is 36.8 Å². The molecular weight excluding hydrogens is 208 g/mol. The first-order valence-corrected chi connectivity index (χ1v) is 5.07. The topological polar surface area (TPSA) is 28.7 Å². The molecule has 2 nitrogen and oxygen atoms in total. The van der Waals surface area contributed by atoms with Crippen LogP contribution in [0.2, 0.25) is 0 Å². The van der Waals surface area contributed by atoms with E-state index in [1.165, 1.54) is 0 Å². The average Bonchev–Trinajstić information content (AvgIpc) is 2.80. The Hall–Kier alpha value is -1.72. The third-order valence-electron chi connectivity index (χ3n) is 1.99. The van der Waals surface area contributed by atoms with Crippen molar-refractivity contribution in [2.24, 2.45) is 0 Å². The van der Waals surface area contributed by atoms with Crippen LogP contribution in [-0.4, -0.2) is 15.8 Å². The molecule has 0 aliphatic carbocycles. The van der Waals surface area contributed by atoms with Crippen LogP contribution < -0.4 is 0 Å². The van der Waals surface area contributed by atoms with Gasteiger partial charge in [0.1, 0.15) is 0 Å². The SMILES string of the molecule is ClCC#Cc1ccc(-c2cnc[nH]2)cc1. The number of rotatable bonds is 1. The second kappa shape index (κ2) is 4.68. The minimum Gasteiger partial charge on any atom is -0.345 e. The van der Waals surface area contributed by atoms with Gasteiger partial charge in [0.15, 0.2) is 0 Å². The number of aromatic amines is 1. The van der Waals surface area contributed by atoms with Crippen molar-refractivity contribution < 1.29 is 0 Å². The highest BCUT2D eigenvalue weighted by Gasteiger charge is 1.97. The lowest BCUT2D eigenvalue weighted by atomic mass is 10.1. The number of nitrogens with zero attached hydrogens (tertiary/aromatic N) is 1. The second-order valence-corrected chi connectivity index (χ2v) is 3.25. The Morgan fingerprint density at radius 1 is 1.27 bits per heavy atom. The van der Waals surface area contributed by atoms with Gasteiger partial charge in [-0.1, -0.05) is 24.0 Å². The molecule has 1 aromatic heterocycles. The van der Waals surface area contributed by atoms with Crippen LogP contribution in [0.3, 0.4) is 0 Å². The third kappa shape index (κ3) is 2.39. The van der Waals surface area contributed by atoms with Crippen LogP contribution in [0.1, 0.15) is 5.56 Å². The predicted octanol–water partition coefficient (Wildman–Crippen LogP) is 2.67. The molecule has 0 saturated heterocycles. The molecule has 15 heavy (non-hydrogen) atoms. The van der Waals surface area contributed by atoms with Crippen LogP contribution in [0.5, 0.6) is 0 Å². The molecule has 0 radical (unpaired) electrons. The fourth-order valence-electron chi connectivity index (χ4n) is 1.28. The molecule has 1 N–H and O–H groups in total. The molecule has 74 valence electrons. The van der Waals surface area contributed by atoms with Crippen LogP contribution >= 0.6 is 11.6 Å². The van der Waals surface area contributed by atoms with E-state index in [1.54, 1.807) is 12.5 Å². The number of alkyl halides is 1. The van der Waals surface area contributed by atoms with Gasteiger partial charge in [-0.2, -0.15) is 0 Å². The van der Waals surface area contributed by atoms with Gasteiger partial charge in [-0.05, 0) is 17.7 Å². The minimum atomic E-state index is 0.363. The van der Waals surface area contributed by atoms with Crippen LogP contribution in [0.4, 0.5) is 0 Å². The van der Waals surface area contributed by atoms with E-state index in [1.807, 2.05) is 24.3 Å². The van der Waals surface area contributed by atoms with Crippen molar-refractivity contribution >= 4 is 11.6 Å². The number of nitrogens with one attached hydrogen (secondary N) is 1. The standard InChI is InChI=1S/C12H9ClN2/c13-7-1-2-10-3-5-11(6-4-10)12-8-14-9-15-12/h3-6,8-9H,7H2,(H,14,15). The monoisotopic (exact) mass is 216 g/mol. The molecule has 1 heterocycles. The number of hydrogen-bond donors (Lipinski definition) is 1. The molecule has 2 aromatic rings. The molecule has 0 bridgehead atoms. The van der Waals surface area contributed by atoms with Crippen molar-refractivity contribution in [3.8, 4) is 23.1 Å². The molecule has 0 aliphatic rings. The van der Waals surface area contributed by atoms with Gasteiger partial charge in [0.25, 0.3) is 0 Å². The van der Waals surface area contributed by atoms with Crippen molar-refractivity contribution in [3.05, 3.63) is 42.4 Å². The van der Waals surface area contributed by atoms with E-state index in [0.29, 0.717) is 5.88 Å². The Morgan fingerprint density at radius 3 is 2.67 bits per heavy atom. The number of benzene rings is 1. The summed E-state index contributed by atoms with van der Waals surface area (Å²) in [5, 5.41) is 0. The zero-order chi connectivity index (χ0) is 10.5. The summed E-state index contributed by atoms with van der Waals surface area (Å²) in [6, 6.07) is 7.95. The summed E-state index contributed by atoms with van der Waals surface area (Å²) in [5.41, 5.74) is 3.08. The Kier molecular flexibility index (Phi) is 3.06. The lowest BCUT2D eigenvalue weighted by Crippen LogP contribution is -1.78. The normalized spacial score (nSPS) is 9.40. The van der Waals surface area contributed by atoms with Crippen molar-refractivity contribution in [1.29, 1.82) is 0 Å². The molecule has 0 saturated carbocycles. The molecular formula is C12H9ClN2.